The van der Waals surface area contributed by atoms with Gasteiger partial charge in [0.2, 0.25) is 10.0 Å². The highest BCUT2D eigenvalue weighted by Gasteiger charge is 2.22. The van der Waals surface area contributed by atoms with Gasteiger partial charge in [0, 0.05) is 25.7 Å². The number of hydrogen-bond donors (Lipinski definition) is 0. The van der Waals surface area contributed by atoms with Gasteiger partial charge in [-0.15, -0.1) is 0 Å². The van der Waals surface area contributed by atoms with Gasteiger partial charge in [0.1, 0.15) is 11.0 Å². The molecule has 0 N–H and O–H groups in total. The quantitative estimate of drug-likeness (QED) is 0.787. The van der Waals surface area contributed by atoms with Crippen molar-refractivity contribution in [2.75, 3.05) is 42.3 Å². The molecule has 1 atom stereocenters. The van der Waals surface area contributed by atoms with Crippen molar-refractivity contribution >= 4 is 33.1 Å². The van der Waals surface area contributed by atoms with E-state index in [0.717, 1.165) is 6.26 Å². The van der Waals surface area contributed by atoms with Crippen molar-refractivity contribution in [3.8, 4) is 0 Å². The summed E-state index contributed by atoms with van der Waals surface area (Å²) >= 11 is 6.02. The molecule has 1 fully saturated rings. The summed E-state index contributed by atoms with van der Waals surface area (Å²) in [6.07, 6.45) is 1.15. The minimum Gasteiger partial charge on any atom is -0.377 e. The SMILES string of the molecule is C[C@@H]1COCCN1c1cc(N(C)S(C)(=O)=O)cc(Cl)n1. The smallest absolute Gasteiger partial charge is 0.231 e. The Morgan fingerprint density at radius 2 is 2.20 bits per heavy atom. The zero-order chi connectivity index (χ0) is 14.9. The van der Waals surface area contributed by atoms with E-state index in [2.05, 4.69) is 9.88 Å². The molecule has 112 valence electrons. The number of morpholine rings is 1. The van der Waals surface area contributed by atoms with Crippen LogP contribution in [0.4, 0.5) is 11.5 Å². The summed E-state index contributed by atoms with van der Waals surface area (Å²) in [4.78, 5) is 6.35. The third kappa shape index (κ3) is 3.34. The van der Waals surface area contributed by atoms with E-state index in [0.29, 0.717) is 31.3 Å². The number of rotatable bonds is 3. The monoisotopic (exact) mass is 319 g/mol. The molecule has 2 rings (SSSR count). The van der Waals surface area contributed by atoms with Gasteiger partial charge in [0.15, 0.2) is 0 Å². The van der Waals surface area contributed by atoms with Crippen molar-refractivity contribution in [1.29, 1.82) is 0 Å². The maximum absolute atomic E-state index is 11.6. The van der Waals surface area contributed by atoms with Crippen molar-refractivity contribution in [2.24, 2.45) is 0 Å². The molecule has 1 aliphatic rings. The van der Waals surface area contributed by atoms with E-state index in [1.54, 1.807) is 6.07 Å². The van der Waals surface area contributed by atoms with Gasteiger partial charge >= 0.3 is 0 Å². The van der Waals surface area contributed by atoms with Crippen LogP contribution in [0.25, 0.3) is 0 Å². The number of pyridine rings is 1. The summed E-state index contributed by atoms with van der Waals surface area (Å²) in [5.41, 5.74) is 0.501. The zero-order valence-electron chi connectivity index (χ0n) is 11.7. The molecule has 0 saturated carbocycles. The molecule has 20 heavy (non-hydrogen) atoms. The van der Waals surface area contributed by atoms with Crippen LogP contribution in [0.2, 0.25) is 5.15 Å². The van der Waals surface area contributed by atoms with E-state index >= 15 is 0 Å². The van der Waals surface area contributed by atoms with Crippen molar-refractivity contribution in [3.63, 3.8) is 0 Å². The fourth-order valence-corrected chi connectivity index (χ4v) is 2.74. The molecule has 6 nitrogen and oxygen atoms in total. The van der Waals surface area contributed by atoms with Gasteiger partial charge in [-0.25, -0.2) is 13.4 Å². The Kier molecular flexibility index (Phi) is 4.41. The molecular weight excluding hydrogens is 302 g/mol. The van der Waals surface area contributed by atoms with Crippen molar-refractivity contribution in [2.45, 2.75) is 13.0 Å². The first-order valence-electron chi connectivity index (χ1n) is 6.25. The Balaban J connectivity index is 2.38. The first-order valence-corrected chi connectivity index (χ1v) is 8.47. The average molecular weight is 320 g/mol. The van der Waals surface area contributed by atoms with E-state index < -0.39 is 10.0 Å². The van der Waals surface area contributed by atoms with Gasteiger partial charge in [-0.1, -0.05) is 11.6 Å². The van der Waals surface area contributed by atoms with Crippen LogP contribution in [-0.2, 0) is 14.8 Å². The Morgan fingerprint density at radius 1 is 1.50 bits per heavy atom. The van der Waals surface area contributed by atoms with Crippen LogP contribution in [0.5, 0.6) is 0 Å². The van der Waals surface area contributed by atoms with Gasteiger partial charge in [-0.3, -0.25) is 4.31 Å². The minimum atomic E-state index is -3.33. The molecule has 0 aliphatic carbocycles. The van der Waals surface area contributed by atoms with Crippen LogP contribution in [0.15, 0.2) is 12.1 Å². The standard InChI is InChI=1S/C12H18ClN3O3S/c1-9-8-19-5-4-16(9)12-7-10(6-11(13)14-12)15(2)20(3,17)18/h6-7,9H,4-5,8H2,1-3H3/t9-/m1/s1. The predicted octanol–water partition coefficient (Wildman–Crippen LogP) is 1.36. The number of aromatic nitrogens is 1. The molecule has 0 amide bonds. The van der Waals surface area contributed by atoms with Crippen LogP contribution in [0.3, 0.4) is 0 Å². The molecule has 0 spiro atoms. The maximum Gasteiger partial charge on any atom is 0.231 e. The number of nitrogens with zero attached hydrogens (tertiary/aromatic N) is 3. The van der Waals surface area contributed by atoms with E-state index in [1.807, 2.05) is 6.92 Å². The lowest BCUT2D eigenvalue weighted by atomic mass is 10.2. The highest BCUT2D eigenvalue weighted by atomic mass is 35.5. The molecule has 1 aromatic heterocycles. The van der Waals surface area contributed by atoms with Gasteiger partial charge in [0.25, 0.3) is 0 Å². The molecule has 0 aromatic carbocycles. The van der Waals surface area contributed by atoms with Gasteiger partial charge in [0.05, 0.1) is 31.2 Å². The van der Waals surface area contributed by atoms with Gasteiger partial charge in [-0.2, -0.15) is 0 Å². The van der Waals surface area contributed by atoms with Crippen molar-refractivity contribution in [3.05, 3.63) is 17.3 Å². The highest BCUT2D eigenvalue weighted by Crippen LogP contribution is 2.27. The fourth-order valence-electron chi connectivity index (χ4n) is 2.06. The molecule has 1 saturated heterocycles. The minimum absolute atomic E-state index is 0.172. The van der Waals surface area contributed by atoms with E-state index in [9.17, 15) is 8.42 Å². The van der Waals surface area contributed by atoms with Crippen LogP contribution in [0, 0.1) is 0 Å². The number of anilines is 2. The first-order chi connectivity index (χ1) is 9.29. The zero-order valence-corrected chi connectivity index (χ0v) is 13.3. The third-order valence-electron chi connectivity index (χ3n) is 3.29. The number of halogens is 1. The average Bonchev–Trinajstić information content (AvgIpc) is 2.36. The molecule has 2 heterocycles. The molecular formula is C12H18ClN3O3S. The first kappa shape index (κ1) is 15.3. The fraction of sp³-hybridized carbons (Fsp3) is 0.583. The predicted molar refractivity (Wildman–Crippen MR) is 80.1 cm³/mol. The summed E-state index contributed by atoms with van der Waals surface area (Å²) in [6, 6.07) is 3.44. The topological polar surface area (TPSA) is 62.7 Å². The Labute approximate surface area is 124 Å². The molecule has 0 bridgehead atoms. The lowest BCUT2D eigenvalue weighted by molar-refractivity contribution is 0.0985. The summed E-state index contributed by atoms with van der Waals surface area (Å²) in [5.74, 6) is 0.666. The molecule has 0 unspecified atom stereocenters. The Bertz CT molecular complexity index is 594. The third-order valence-corrected chi connectivity index (χ3v) is 4.69. The summed E-state index contributed by atoms with van der Waals surface area (Å²) in [6.45, 7) is 3.97. The highest BCUT2D eigenvalue weighted by molar-refractivity contribution is 7.92. The van der Waals surface area contributed by atoms with Crippen molar-refractivity contribution in [1.82, 2.24) is 4.98 Å². The van der Waals surface area contributed by atoms with Crippen molar-refractivity contribution < 1.29 is 13.2 Å². The van der Waals surface area contributed by atoms with E-state index in [-0.39, 0.29) is 11.2 Å². The lowest BCUT2D eigenvalue weighted by Gasteiger charge is -2.34. The number of ether oxygens (including phenoxy) is 1. The van der Waals surface area contributed by atoms with Crippen LogP contribution in [0.1, 0.15) is 6.92 Å². The van der Waals surface area contributed by atoms with E-state index in [4.69, 9.17) is 16.3 Å². The summed E-state index contributed by atoms with van der Waals surface area (Å²) < 4.78 is 29.8. The van der Waals surface area contributed by atoms with Crippen LogP contribution < -0.4 is 9.21 Å². The lowest BCUT2D eigenvalue weighted by Crippen LogP contribution is -2.44. The maximum atomic E-state index is 11.6. The van der Waals surface area contributed by atoms with Crippen LogP contribution in [-0.4, -0.2) is 52.5 Å². The second-order valence-electron chi connectivity index (χ2n) is 4.85. The summed E-state index contributed by atoms with van der Waals surface area (Å²) in [5, 5.41) is 0.270. The van der Waals surface area contributed by atoms with Crippen LogP contribution >= 0.6 is 11.6 Å². The Morgan fingerprint density at radius 3 is 2.80 bits per heavy atom. The van der Waals surface area contributed by atoms with Gasteiger partial charge in [-0.05, 0) is 6.92 Å². The molecule has 0 radical (unpaired) electrons. The largest absolute Gasteiger partial charge is 0.377 e. The molecule has 1 aliphatic heterocycles. The second-order valence-corrected chi connectivity index (χ2v) is 7.26. The number of sulfonamides is 1. The normalized spacial score (nSPS) is 20.0. The Hall–Kier alpha value is -1.05. The second kappa shape index (κ2) is 5.75. The molecule has 1 aromatic rings. The number of hydrogen-bond acceptors (Lipinski definition) is 5. The van der Waals surface area contributed by atoms with Gasteiger partial charge < -0.3 is 9.64 Å². The van der Waals surface area contributed by atoms with E-state index in [1.165, 1.54) is 17.4 Å². The molecule has 8 heteroatoms. The summed E-state index contributed by atoms with van der Waals surface area (Å²) in [7, 11) is -1.84.